The summed E-state index contributed by atoms with van der Waals surface area (Å²) in [6.45, 7) is 14.8. The van der Waals surface area contributed by atoms with E-state index in [2.05, 4.69) is 282 Å². The number of hydrogen-bond donors (Lipinski definition) is 2. The number of carboxylic acids is 1. The van der Waals surface area contributed by atoms with E-state index in [0.717, 1.165) is 30.2 Å². The minimum Gasteiger partial charge on any atom is -0.481 e. The van der Waals surface area contributed by atoms with Crippen molar-refractivity contribution >= 4 is 102 Å². The standard InChI is InChI=1S/C25H35O2PSi.C18H21OP.2C17H19P.C7H16O2Si.2Fe/c1-29(2,3)19-11-18-25(26)27-20-21-12-10-17-24(21)28(22-13-6-4-7-14-22)23-15-8-5-9-16-23;19-14-15-8-7-13-18(15)20(16-9-3-1-4-10-16)17-11-5-2-6-12-17;2*1-3-9-15(10-4-1)18(17-13-7-8-14-17)16-11-5-2-6-12-16;1-10(2,3)6-4-5-7(8)9;;/h4-9,13-16,21,24H,10-12,17-20H2,1-3H3;1-6,9-12,15,18-19H,7-8,13-14H2;2*1-6,9-12,17H,7-8,13-14H2;4-6H2,1-3H3,(H,8,9);;. The maximum absolute atomic E-state index is 12.3. The third kappa shape index (κ3) is 28.0. The molecule has 4 atom stereocenters. The second kappa shape index (κ2) is 44.3. The molecule has 0 spiro atoms. The van der Waals surface area contributed by atoms with Crippen LogP contribution in [0.5, 0.6) is 0 Å². The van der Waals surface area contributed by atoms with Crippen molar-refractivity contribution in [3.63, 3.8) is 0 Å². The number of carbonyl (C=O) groups excluding carboxylic acids is 1. The van der Waals surface area contributed by atoms with Crippen LogP contribution >= 0.6 is 31.7 Å². The first-order valence-electron chi connectivity index (χ1n) is 35.7. The van der Waals surface area contributed by atoms with Crippen molar-refractivity contribution in [1.29, 1.82) is 0 Å². The molecule has 0 aliphatic heterocycles. The van der Waals surface area contributed by atoms with Crippen molar-refractivity contribution in [3.8, 4) is 0 Å². The molecular weight excluding hydrogens is 1380 g/mol. The van der Waals surface area contributed by atoms with Crippen LogP contribution in [0, 0.1) is 11.8 Å². The van der Waals surface area contributed by atoms with Gasteiger partial charge in [0.15, 0.2) is 0 Å². The molecule has 4 unspecified atom stereocenters. The molecule has 97 heavy (non-hydrogen) atoms. The van der Waals surface area contributed by atoms with Crippen LogP contribution in [0.15, 0.2) is 243 Å². The van der Waals surface area contributed by atoms with E-state index in [9.17, 15) is 14.7 Å². The Morgan fingerprint density at radius 2 is 0.619 bits per heavy atom. The first-order valence-corrected chi connectivity index (χ1v) is 48.8. The molecule has 4 fully saturated rings. The van der Waals surface area contributed by atoms with Crippen LogP contribution in [0.2, 0.25) is 51.4 Å². The molecule has 0 saturated heterocycles. The second-order valence-corrected chi connectivity index (χ2v) is 49.8. The fraction of sp³-hybridized carbons (Fsp3) is 0.405. The van der Waals surface area contributed by atoms with Gasteiger partial charge in [0.25, 0.3) is 0 Å². The normalized spacial score (nSPS) is 17.6. The van der Waals surface area contributed by atoms with Crippen LogP contribution in [0.25, 0.3) is 0 Å². The van der Waals surface area contributed by atoms with E-state index in [4.69, 9.17) is 9.84 Å². The average molecular weight is 1490 g/mol. The average Bonchev–Trinajstić information content (AvgIpc) is 1.79. The Morgan fingerprint density at radius 1 is 0.361 bits per heavy atom. The number of aliphatic hydroxyl groups excluding tert-OH is 1. The van der Waals surface area contributed by atoms with Gasteiger partial charge in [0.05, 0.1) is 6.61 Å². The van der Waals surface area contributed by atoms with Gasteiger partial charge >= 0.3 is 11.9 Å². The predicted octanol–water partition coefficient (Wildman–Crippen LogP) is 19.5. The van der Waals surface area contributed by atoms with Crippen molar-refractivity contribution in [2.45, 2.75) is 190 Å². The zero-order valence-electron chi connectivity index (χ0n) is 58.7. The molecule has 4 aliphatic carbocycles. The van der Waals surface area contributed by atoms with Gasteiger partial charge in [-0.05, 0) is 167 Å². The number of carboxylic acid groups (broad SMARTS) is 1. The first-order chi connectivity index (χ1) is 46.2. The van der Waals surface area contributed by atoms with Gasteiger partial charge in [0.1, 0.15) is 0 Å². The third-order valence-corrected chi connectivity index (χ3v) is 34.6. The van der Waals surface area contributed by atoms with Crippen molar-refractivity contribution in [2.24, 2.45) is 11.8 Å². The smallest absolute Gasteiger partial charge is 0.305 e. The fourth-order valence-corrected chi connectivity index (χ4v) is 29.0. The molecule has 520 valence electrons. The number of aliphatic carboxylic acids is 1. The van der Waals surface area contributed by atoms with Gasteiger partial charge in [0.2, 0.25) is 0 Å². The summed E-state index contributed by atoms with van der Waals surface area (Å²) in [7, 11) is -3.16. The number of carbonyl (C=O) groups is 2. The first kappa shape index (κ1) is 81.8. The Kier molecular flexibility index (Phi) is 37.3. The number of hydrogen-bond acceptors (Lipinski definition) is 4. The Hall–Kier alpha value is -4.15. The van der Waals surface area contributed by atoms with Crippen LogP contribution in [-0.4, -0.2) is 74.1 Å². The van der Waals surface area contributed by atoms with E-state index in [1.54, 1.807) is 21.2 Å². The van der Waals surface area contributed by atoms with Gasteiger partial charge < -0.3 is 14.9 Å². The molecule has 8 aromatic carbocycles. The predicted molar refractivity (Wildman–Crippen MR) is 424 cm³/mol. The van der Waals surface area contributed by atoms with Crippen LogP contribution in [0.1, 0.15) is 116 Å². The third-order valence-electron chi connectivity index (χ3n) is 18.9. The van der Waals surface area contributed by atoms with Crippen molar-refractivity contribution in [1.82, 2.24) is 0 Å². The van der Waals surface area contributed by atoms with Gasteiger partial charge in [-0.25, -0.2) is 0 Å². The van der Waals surface area contributed by atoms with Crippen LogP contribution in [0.3, 0.4) is 0 Å². The minimum absolute atomic E-state index is 0. The number of esters is 1. The maximum atomic E-state index is 12.3. The molecule has 4 saturated carbocycles. The Balaban J connectivity index is 0.000000197. The van der Waals surface area contributed by atoms with Gasteiger partial charge in [-0.15, -0.1) is 0 Å². The molecule has 0 heterocycles. The van der Waals surface area contributed by atoms with E-state index in [1.807, 2.05) is 0 Å². The molecule has 8 aromatic rings. The summed E-state index contributed by atoms with van der Waals surface area (Å²) in [4.78, 5) is 22.4. The number of aliphatic hydroxyl groups is 1. The van der Waals surface area contributed by atoms with Gasteiger partial charge in [-0.3, -0.25) is 9.59 Å². The number of benzene rings is 8. The SMILES string of the molecule is C[Si](C)(C)CCCC(=O)O.C[Si](C)(C)CCCC(=O)OCC1CCCC1P(c1ccccc1)c1ccccc1.OCC1CCCC1P(c1ccccc1)c1ccccc1.[Fe].[Fe].c1ccc(P(c2ccccc2)C2CCCC2)cc1.c1ccc(P(c2ccccc2)C2CCCC2)cc1. The fourth-order valence-electron chi connectivity index (χ4n) is 14.2. The zero-order chi connectivity index (χ0) is 67.1. The monoisotopic (exact) mass is 1490 g/mol. The van der Waals surface area contributed by atoms with Crippen molar-refractivity contribution < 1.29 is 58.7 Å². The van der Waals surface area contributed by atoms with E-state index >= 15 is 0 Å². The van der Waals surface area contributed by atoms with Crippen LogP contribution in [0.4, 0.5) is 0 Å². The van der Waals surface area contributed by atoms with E-state index in [0.29, 0.717) is 49.2 Å². The summed E-state index contributed by atoms with van der Waals surface area (Å²) in [5.74, 6) is 0.278. The molecule has 0 radical (unpaired) electrons. The molecule has 2 N–H and O–H groups in total. The summed E-state index contributed by atoms with van der Waals surface area (Å²) in [6.07, 6.45) is 21.4. The molecule has 5 nitrogen and oxygen atoms in total. The van der Waals surface area contributed by atoms with E-state index in [1.165, 1.54) is 117 Å². The summed E-state index contributed by atoms with van der Waals surface area (Å²) >= 11 is 0. The van der Waals surface area contributed by atoms with Gasteiger partial charge in [-0.1, -0.05) is 333 Å². The number of rotatable bonds is 23. The molecule has 0 aromatic heterocycles. The number of ether oxygens (including phenoxy) is 1. The topological polar surface area (TPSA) is 83.8 Å². The Bertz CT molecular complexity index is 3110. The van der Waals surface area contributed by atoms with Gasteiger partial charge in [0, 0.05) is 75.7 Å². The molecular formula is C84H110Fe2O5P4Si2. The maximum Gasteiger partial charge on any atom is 0.305 e. The molecule has 13 heteroatoms. The zero-order valence-corrected chi connectivity index (χ0v) is 66.5. The molecule has 0 amide bonds. The van der Waals surface area contributed by atoms with Crippen molar-refractivity contribution in [3.05, 3.63) is 243 Å². The quantitative estimate of drug-likeness (QED) is 0.0379. The summed E-state index contributed by atoms with van der Waals surface area (Å²) in [6, 6.07) is 90.4. The summed E-state index contributed by atoms with van der Waals surface area (Å²) in [5, 5.41) is 30.0. The molecule has 12 rings (SSSR count). The Morgan fingerprint density at radius 3 is 0.887 bits per heavy atom. The second-order valence-electron chi connectivity index (χ2n) is 28.6. The molecule has 4 aliphatic rings. The molecule has 0 bridgehead atoms. The largest absolute Gasteiger partial charge is 0.481 e. The van der Waals surface area contributed by atoms with Crippen LogP contribution in [-0.2, 0) is 48.5 Å². The van der Waals surface area contributed by atoms with Crippen molar-refractivity contribution in [2.75, 3.05) is 13.2 Å². The summed E-state index contributed by atoms with van der Waals surface area (Å²) in [5.41, 5.74) is 3.00. The van der Waals surface area contributed by atoms with Crippen LogP contribution < -0.4 is 42.4 Å². The Labute approximate surface area is 613 Å². The van der Waals surface area contributed by atoms with E-state index < -0.39 is 30.0 Å². The summed E-state index contributed by atoms with van der Waals surface area (Å²) < 4.78 is 5.78. The van der Waals surface area contributed by atoms with E-state index in [-0.39, 0.29) is 63.9 Å². The van der Waals surface area contributed by atoms with Gasteiger partial charge in [-0.2, -0.15) is 0 Å². The minimum atomic E-state index is -1.08.